The summed E-state index contributed by atoms with van der Waals surface area (Å²) in [5.41, 5.74) is 0.762. The molecule has 4 rings (SSSR count). The molecular weight excluding hydrogens is 318 g/mol. The van der Waals surface area contributed by atoms with Crippen LogP contribution in [0.25, 0.3) is 11.5 Å². The normalized spacial score (nSPS) is 21.1. The van der Waals surface area contributed by atoms with Gasteiger partial charge < -0.3 is 13.9 Å². The summed E-state index contributed by atoms with van der Waals surface area (Å²) in [6, 6.07) is 7.46. The Balaban J connectivity index is 1.40. The predicted molar refractivity (Wildman–Crippen MR) is 83.9 cm³/mol. The van der Waals surface area contributed by atoms with E-state index in [2.05, 4.69) is 15.1 Å². The van der Waals surface area contributed by atoms with Crippen molar-refractivity contribution in [3.63, 3.8) is 0 Å². The first-order valence-electron chi connectivity index (χ1n) is 7.82. The van der Waals surface area contributed by atoms with Crippen LogP contribution in [-0.4, -0.2) is 47.2 Å². The van der Waals surface area contributed by atoms with Crippen LogP contribution in [0.1, 0.15) is 18.7 Å². The van der Waals surface area contributed by atoms with E-state index < -0.39 is 0 Å². The third-order valence-corrected chi connectivity index (χ3v) is 4.69. The van der Waals surface area contributed by atoms with E-state index in [1.54, 1.807) is 0 Å². The zero-order valence-corrected chi connectivity index (χ0v) is 13.5. The number of hydrogen-bond donors (Lipinski definition) is 0. The van der Waals surface area contributed by atoms with Gasteiger partial charge in [0.1, 0.15) is 0 Å². The van der Waals surface area contributed by atoms with E-state index in [0.717, 1.165) is 31.5 Å². The number of piperidine rings is 1. The monoisotopic (exact) mass is 335 g/mol. The molecule has 0 unspecified atom stereocenters. The Morgan fingerprint density at radius 2 is 1.83 bits per heavy atom. The molecule has 23 heavy (non-hydrogen) atoms. The highest BCUT2D eigenvalue weighted by Gasteiger charge is 2.39. The van der Waals surface area contributed by atoms with Crippen molar-refractivity contribution < 1.29 is 13.9 Å². The van der Waals surface area contributed by atoms with Crippen LogP contribution >= 0.6 is 11.6 Å². The molecule has 1 aromatic heterocycles. The second-order valence-electron chi connectivity index (χ2n) is 5.86. The minimum atomic E-state index is -0.353. The summed E-state index contributed by atoms with van der Waals surface area (Å²) in [5.74, 6) is 0.708. The fourth-order valence-electron chi connectivity index (χ4n) is 3.09. The zero-order chi connectivity index (χ0) is 15.7. The first-order chi connectivity index (χ1) is 11.2. The van der Waals surface area contributed by atoms with Crippen LogP contribution < -0.4 is 0 Å². The molecule has 1 spiro atoms. The average Bonchev–Trinajstić information content (AvgIpc) is 3.20. The fraction of sp³-hybridized carbons (Fsp3) is 0.500. The Labute approximate surface area is 139 Å². The summed E-state index contributed by atoms with van der Waals surface area (Å²) in [7, 11) is 0. The molecule has 122 valence electrons. The van der Waals surface area contributed by atoms with Crippen molar-refractivity contribution in [1.82, 2.24) is 15.1 Å². The molecule has 2 aromatic rings. The number of nitrogens with zero attached hydrogens (tertiary/aromatic N) is 3. The van der Waals surface area contributed by atoms with Crippen molar-refractivity contribution in [1.29, 1.82) is 0 Å². The van der Waals surface area contributed by atoms with E-state index in [4.69, 9.17) is 25.5 Å². The van der Waals surface area contributed by atoms with Gasteiger partial charge in [-0.25, -0.2) is 0 Å². The molecule has 2 aliphatic heterocycles. The van der Waals surface area contributed by atoms with Gasteiger partial charge in [-0.05, 0) is 12.1 Å². The number of ether oxygens (including phenoxy) is 2. The van der Waals surface area contributed by atoms with E-state index in [0.29, 0.717) is 36.6 Å². The van der Waals surface area contributed by atoms with Gasteiger partial charge in [0, 0.05) is 25.9 Å². The molecular formula is C16H18ClN3O3. The van der Waals surface area contributed by atoms with Gasteiger partial charge in [-0.15, -0.1) is 10.2 Å². The molecule has 2 aliphatic rings. The first kappa shape index (κ1) is 15.1. The molecule has 1 aromatic carbocycles. The lowest BCUT2D eigenvalue weighted by molar-refractivity contribution is -0.186. The number of benzene rings is 1. The van der Waals surface area contributed by atoms with Gasteiger partial charge in [0.25, 0.3) is 0 Å². The minimum Gasteiger partial charge on any atom is -0.419 e. The standard InChI is InChI=1S/C16H18ClN3O3/c17-13-4-2-1-3-12(13)15-19-18-14(23-15)11-20-7-5-16(6-8-20)21-9-10-22-16/h1-4H,5-11H2. The molecule has 2 fully saturated rings. The molecule has 0 amide bonds. The van der Waals surface area contributed by atoms with Crippen molar-refractivity contribution in [3.8, 4) is 11.5 Å². The largest absolute Gasteiger partial charge is 0.419 e. The molecule has 0 N–H and O–H groups in total. The molecule has 0 saturated carbocycles. The third-order valence-electron chi connectivity index (χ3n) is 4.36. The van der Waals surface area contributed by atoms with E-state index in [1.165, 1.54) is 0 Å². The molecule has 6 nitrogen and oxygen atoms in total. The predicted octanol–water partition coefficient (Wildman–Crippen LogP) is 2.73. The highest BCUT2D eigenvalue weighted by atomic mass is 35.5. The molecule has 3 heterocycles. The highest BCUT2D eigenvalue weighted by Crippen LogP contribution is 2.32. The van der Waals surface area contributed by atoms with E-state index in [1.807, 2.05) is 24.3 Å². The SMILES string of the molecule is Clc1ccccc1-c1nnc(CN2CCC3(CC2)OCCO3)o1. The van der Waals surface area contributed by atoms with Crippen molar-refractivity contribution in [2.45, 2.75) is 25.2 Å². The van der Waals surface area contributed by atoms with Crippen LogP contribution in [-0.2, 0) is 16.0 Å². The van der Waals surface area contributed by atoms with Crippen molar-refractivity contribution in [2.24, 2.45) is 0 Å². The molecule has 0 atom stereocenters. The van der Waals surface area contributed by atoms with Crippen molar-refractivity contribution in [3.05, 3.63) is 35.2 Å². The van der Waals surface area contributed by atoms with E-state index >= 15 is 0 Å². The zero-order valence-electron chi connectivity index (χ0n) is 12.7. The number of likely N-dealkylation sites (tertiary alicyclic amines) is 1. The quantitative estimate of drug-likeness (QED) is 0.859. The van der Waals surface area contributed by atoms with Gasteiger partial charge in [-0.3, -0.25) is 4.90 Å². The van der Waals surface area contributed by atoms with Gasteiger partial charge in [-0.2, -0.15) is 0 Å². The topological polar surface area (TPSA) is 60.6 Å². The lowest BCUT2D eigenvalue weighted by atomic mass is 10.0. The van der Waals surface area contributed by atoms with Gasteiger partial charge in [0.05, 0.1) is 30.3 Å². The molecule has 7 heteroatoms. The smallest absolute Gasteiger partial charge is 0.249 e. The van der Waals surface area contributed by atoms with Crippen LogP contribution in [0.4, 0.5) is 0 Å². The van der Waals surface area contributed by atoms with Gasteiger partial charge in [0.15, 0.2) is 5.79 Å². The first-order valence-corrected chi connectivity index (χ1v) is 8.19. The van der Waals surface area contributed by atoms with Gasteiger partial charge in [0.2, 0.25) is 11.8 Å². The van der Waals surface area contributed by atoms with Crippen molar-refractivity contribution >= 4 is 11.6 Å². The minimum absolute atomic E-state index is 0.353. The van der Waals surface area contributed by atoms with Gasteiger partial charge >= 0.3 is 0 Å². The maximum Gasteiger partial charge on any atom is 0.249 e. The van der Waals surface area contributed by atoms with Gasteiger partial charge in [-0.1, -0.05) is 23.7 Å². The van der Waals surface area contributed by atoms with E-state index in [-0.39, 0.29) is 5.79 Å². The van der Waals surface area contributed by atoms with Crippen LogP contribution in [0.5, 0.6) is 0 Å². The second kappa shape index (κ2) is 6.20. The maximum absolute atomic E-state index is 6.16. The second-order valence-corrected chi connectivity index (χ2v) is 6.27. The Bertz CT molecular complexity index is 675. The van der Waals surface area contributed by atoms with Crippen molar-refractivity contribution in [2.75, 3.05) is 26.3 Å². The highest BCUT2D eigenvalue weighted by molar-refractivity contribution is 6.33. The summed E-state index contributed by atoms with van der Waals surface area (Å²) in [6.07, 6.45) is 1.75. The Morgan fingerprint density at radius 1 is 1.09 bits per heavy atom. The maximum atomic E-state index is 6.16. The summed E-state index contributed by atoms with van der Waals surface area (Å²) in [5, 5.41) is 8.85. The molecule has 2 saturated heterocycles. The van der Waals surface area contributed by atoms with Crippen LogP contribution in [0, 0.1) is 0 Å². The summed E-state index contributed by atoms with van der Waals surface area (Å²) < 4.78 is 17.2. The summed E-state index contributed by atoms with van der Waals surface area (Å²) in [6.45, 7) is 3.82. The molecule has 0 bridgehead atoms. The lowest BCUT2D eigenvalue weighted by Crippen LogP contribution is -2.44. The Hall–Kier alpha value is -1.47. The number of aromatic nitrogens is 2. The summed E-state index contributed by atoms with van der Waals surface area (Å²) >= 11 is 6.16. The Kier molecular flexibility index (Phi) is 4.07. The Morgan fingerprint density at radius 3 is 2.57 bits per heavy atom. The van der Waals surface area contributed by atoms with Crippen LogP contribution in [0.15, 0.2) is 28.7 Å². The number of hydrogen-bond acceptors (Lipinski definition) is 6. The lowest BCUT2D eigenvalue weighted by Gasteiger charge is -2.36. The number of halogens is 1. The average molecular weight is 336 g/mol. The van der Waals surface area contributed by atoms with Crippen LogP contribution in [0.3, 0.4) is 0 Å². The fourth-order valence-corrected chi connectivity index (χ4v) is 3.31. The molecule has 0 aliphatic carbocycles. The third kappa shape index (κ3) is 3.12. The molecule has 0 radical (unpaired) electrons. The summed E-state index contributed by atoms with van der Waals surface area (Å²) in [4.78, 5) is 2.28. The number of rotatable bonds is 3. The van der Waals surface area contributed by atoms with Crippen LogP contribution in [0.2, 0.25) is 5.02 Å². The van der Waals surface area contributed by atoms with E-state index in [9.17, 15) is 0 Å².